The summed E-state index contributed by atoms with van der Waals surface area (Å²) in [4.78, 5) is 28.8. The lowest BCUT2D eigenvalue weighted by Gasteiger charge is -2.22. The van der Waals surface area contributed by atoms with Crippen molar-refractivity contribution in [2.45, 2.75) is 19.4 Å². The molecule has 126 valence electrons. The molecule has 1 aromatic heterocycles. The molecule has 0 N–H and O–H groups in total. The molecule has 1 aromatic carbocycles. The van der Waals surface area contributed by atoms with Gasteiger partial charge in [0.15, 0.2) is 5.94 Å². The molecule has 1 aliphatic rings. The van der Waals surface area contributed by atoms with E-state index >= 15 is 0 Å². The van der Waals surface area contributed by atoms with Crippen LogP contribution in [0, 0.1) is 0 Å². The molecule has 0 radical (unpaired) electrons. The molecule has 0 saturated heterocycles. The maximum Gasteiger partial charge on any atom is 0.308 e. The molecule has 1 unspecified atom stereocenters. The molecule has 0 bridgehead atoms. The van der Waals surface area contributed by atoms with Gasteiger partial charge in [-0.2, -0.15) is 0 Å². The highest BCUT2D eigenvalue weighted by Crippen LogP contribution is 2.42. The summed E-state index contributed by atoms with van der Waals surface area (Å²) in [6, 6.07) is 7.05. The molecule has 0 fully saturated rings. The van der Waals surface area contributed by atoms with Crippen molar-refractivity contribution in [1.29, 1.82) is 0 Å². The van der Waals surface area contributed by atoms with E-state index in [0.717, 1.165) is 16.6 Å². The van der Waals surface area contributed by atoms with Crippen LogP contribution in [0.5, 0.6) is 5.75 Å². The summed E-state index contributed by atoms with van der Waals surface area (Å²) in [6.45, 7) is 2.05. The second-order valence-corrected chi connectivity index (χ2v) is 5.29. The van der Waals surface area contributed by atoms with Crippen molar-refractivity contribution in [1.82, 2.24) is 9.63 Å². The quantitative estimate of drug-likeness (QED) is 0.618. The Bertz CT molecular complexity index is 835. The fraction of sp³-hybridized carbons (Fsp3) is 0.353. The minimum absolute atomic E-state index is 0.0698. The van der Waals surface area contributed by atoms with Gasteiger partial charge in [0.05, 0.1) is 38.5 Å². The highest BCUT2D eigenvalue weighted by molar-refractivity contribution is 5.92. The molecule has 1 atom stereocenters. The average Bonchev–Trinajstić information content (AvgIpc) is 3.09. The summed E-state index contributed by atoms with van der Waals surface area (Å²) in [6.07, 6.45) is 0.0698. The number of methoxy groups -OCH3 is 1. The second kappa shape index (κ2) is 6.39. The van der Waals surface area contributed by atoms with Crippen LogP contribution in [0.3, 0.4) is 0 Å². The molecular weight excluding hydrogens is 312 g/mol. The number of hydrogen-bond acceptors (Lipinski definition) is 6. The Hall–Kier alpha value is -2.76. The van der Waals surface area contributed by atoms with Gasteiger partial charge >= 0.3 is 5.97 Å². The monoisotopic (exact) mass is 330 g/mol. The van der Waals surface area contributed by atoms with Crippen molar-refractivity contribution in [2.75, 3.05) is 20.8 Å². The van der Waals surface area contributed by atoms with Gasteiger partial charge in [-0.05, 0) is 25.1 Å². The van der Waals surface area contributed by atoms with Gasteiger partial charge in [-0.1, -0.05) is 0 Å². The number of carbonyl (C=O) groups excluding carboxylic acids is 2. The number of aromatic nitrogens is 1. The Labute approximate surface area is 138 Å². The molecule has 3 rings (SSSR count). The van der Waals surface area contributed by atoms with Crippen LogP contribution in [0.15, 0.2) is 24.3 Å². The van der Waals surface area contributed by atoms with E-state index in [4.69, 9.17) is 14.3 Å². The van der Waals surface area contributed by atoms with Crippen LogP contribution < -0.4 is 4.74 Å². The zero-order valence-corrected chi connectivity index (χ0v) is 13.7. The molecule has 0 spiro atoms. The van der Waals surface area contributed by atoms with Gasteiger partial charge in [0.2, 0.25) is 5.82 Å². The van der Waals surface area contributed by atoms with Crippen molar-refractivity contribution in [3.05, 3.63) is 30.0 Å². The average molecular weight is 330 g/mol. The third-order valence-corrected chi connectivity index (χ3v) is 4.04. The molecule has 0 saturated carbocycles. The van der Waals surface area contributed by atoms with Gasteiger partial charge < -0.3 is 9.47 Å². The number of fused-ring (bicyclic) bond motifs is 3. The van der Waals surface area contributed by atoms with Crippen LogP contribution in [0.2, 0.25) is 0 Å². The SMILES string of the molecule is CCOC(=O)CC1c2cc3ccc(OC)cc3n2C(=C=O)N1OC. The maximum absolute atomic E-state index is 11.9. The number of benzene rings is 1. The first-order valence-electron chi connectivity index (χ1n) is 7.58. The number of hydroxylamine groups is 2. The van der Waals surface area contributed by atoms with Crippen LogP contribution in [0.4, 0.5) is 0 Å². The van der Waals surface area contributed by atoms with E-state index in [9.17, 15) is 9.59 Å². The van der Waals surface area contributed by atoms with Crippen molar-refractivity contribution >= 4 is 28.6 Å². The second-order valence-electron chi connectivity index (χ2n) is 5.29. The molecule has 0 aliphatic carbocycles. The van der Waals surface area contributed by atoms with Gasteiger partial charge in [-0.3, -0.25) is 14.2 Å². The predicted octanol–water partition coefficient (Wildman–Crippen LogP) is 2.15. The summed E-state index contributed by atoms with van der Waals surface area (Å²) in [5, 5.41) is 2.32. The van der Waals surface area contributed by atoms with Crippen LogP contribution in [-0.4, -0.2) is 42.4 Å². The smallest absolute Gasteiger partial charge is 0.308 e. The van der Waals surface area contributed by atoms with Gasteiger partial charge in [-0.15, -0.1) is 0 Å². The Kier molecular flexibility index (Phi) is 4.29. The zero-order chi connectivity index (χ0) is 17.3. The van der Waals surface area contributed by atoms with Crippen molar-refractivity contribution in [3.8, 4) is 5.75 Å². The summed E-state index contributed by atoms with van der Waals surface area (Å²) < 4.78 is 12.0. The number of nitrogens with zero attached hydrogens (tertiary/aromatic N) is 2. The van der Waals surface area contributed by atoms with E-state index in [1.165, 1.54) is 12.2 Å². The Morgan fingerprint density at radius 3 is 2.71 bits per heavy atom. The molecule has 7 nitrogen and oxygen atoms in total. The van der Waals surface area contributed by atoms with E-state index in [1.807, 2.05) is 30.2 Å². The fourth-order valence-electron chi connectivity index (χ4n) is 3.05. The van der Waals surface area contributed by atoms with E-state index in [2.05, 4.69) is 0 Å². The molecule has 0 amide bonds. The number of carbonyl (C=O) groups is 1. The van der Waals surface area contributed by atoms with Crippen LogP contribution in [-0.2, 0) is 19.2 Å². The van der Waals surface area contributed by atoms with E-state index in [1.54, 1.807) is 18.6 Å². The highest BCUT2D eigenvalue weighted by atomic mass is 16.7. The lowest BCUT2D eigenvalue weighted by atomic mass is 10.1. The van der Waals surface area contributed by atoms with Crippen molar-refractivity contribution in [3.63, 3.8) is 0 Å². The van der Waals surface area contributed by atoms with Gasteiger partial charge in [0.1, 0.15) is 11.8 Å². The number of ether oxygens (including phenoxy) is 2. The highest BCUT2D eigenvalue weighted by Gasteiger charge is 2.38. The van der Waals surface area contributed by atoms with Crippen LogP contribution in [0.25, 0.3) is 16.7 Å². The molecular formula is C17H18N2O5. The fourth-order valence-corrected chi connectivity index (χ4v) is 3.05. The topological polar surface area (TPSA) is 70.0 Å². The number of rotatable bonds is 5. The third-order valence-electron chi connectivity index (χ3n) is 4.04. The van der Waals surface area contributed by atoms with E-state index < -0.39 is 6.04 Å². The zero-order valence-electron chi connectivity index (χ0n) is 13.7. The summed E-state index contributed by atoms with van der Waals surface area (Å²) in [5.74, 6) is 2.43. The lowest BCUT2D eigenvalue weighted by Crippen LogP contribution is -2.24. The largest absolute Gasteiger partial charge is 0.497 e. The van der Waals surface area contributed by atoms with Crippen LogP contribution >= 0.6 is 0 Å². The number of hydrogen-bond donors (Lipinski definition) is 0. The first-order valence-corrected chi connectivity index (χ1v) is 7.58. The van der Waals surface area contributed by atoms with Crippen molar-refractivity contribution in [2.24, 2.45) is 0 Å². The minimum Gasteiger partial charge on any atom is -0.497 e. The Balaban J connectivity index is 2.14. The summed E-state index contributed by atoms with van der Waals surface area (Å²) >= 11 is 0. The first kappa shape index (κ1) is 16.1. The Morgan fingerprint density at radius 1 is 1.29 bits per heavy atom. The van der Waals surface area contributed by atoms with Crippen LogP contribution in [0.1, 0.15) is 25.1 Å². The normalized spacial score (nSPS) is 16.2. The van der Waals surface area contributed by atoms with Crippen molar-refractivity contribution < 1.29 is 23.9 Å². The third kappa shape index (κ3) is 2.44. The molecule has 1 aliphatic heterocycles. The molecule has 2 heterocycles. The van der Waals surface area contributed by atoms with E-state index in [-0.39, 0.29) is 18.2 Å². The lowest BCUT2D eigenvalue weighted by molar-refractivity contribution is -0.151. The summed E-state index contributed by atoms with van der Waals surface area (Å²) in [5.41, 5.74) is 1.56. The molecule has 7 heteroatoms. The number of esters is 1. The predicted molar refractivity (Wildman–Crippen MR) is 86.7 cm³/mol. The van der Waals surface area contributed by atoms with Gasteiger partial charge in [-0.25, -0.2) is 9.86 Å². The maximum atomic E-state index is 11.9. The van der Waals surface area contributed by atoms with Gasteiger partial charge in [0, 0.05) is 11.5 Å². The Morgan fingerprint density at radius 2 is 2.08 bits per heavy atom. The minimum atomic E-state index is -0.455. The summed E-state index contributed by atoms with van der Waals surface area (Å²) in [7, 11) is 3.03. The van der Waals surface area contributed by atoms with E-state index in [0.29, 0.717) is 12.4 Å². The molecule has 24 heavy (non-hydrogen) atoms. The molecule has 2 aromatic rings. The first-order chi connectivity index (χ1) is 11.6. The van der Waals surface area contributed by atoms with Gasteiger partial charge in [0.25, 0.3) is 0 Å². The standard InChI is InChI=1S/C17H18N2O5/c1-4-24-17(21)9-15-14-7-11-5-6-12(22-2)8-13(11)18(14)16(10-20)19(15)23-3/h5-8,15H,4,9H2,1-3H3.